The van der Waals surface area contributed by atoms with E-state index in [4.69, 9.17) is 0 Å². The third kappa shape index (κ3) is 2.94. The first kappa shape index (κ1) is 14.5. The second kappa shape index (κ2) is 5.73. The van der Waals surface area contributed by atoms with Crippen molar-refractivity contribution in [3.63, 3.8) is 0 Å². The standard InChI is InChI=1S/C14H20N4O2S/c1-9-10(2)21-14(15-9)18-7-5-17(6-8-18)11-3-4-12(19)16-13(11)20/h11H,3-8H2,1-2H3,(H,16,19,20). The zero-order chi connectivity index (χ0) is 15.0. The van der Waals surface area contributed by atoms with Crippen LogP contribution in [0.2, 0.25) is 0 Å². The predicted molar refractivity (Wildman–Crippen MR) is 81.5 cm³/mol. The molecular formula is C14H20N4O2S. The van der Waals surface area contributed by atoms with E-state index < -0.39 is 0 Å². The zero-order valence-electron chi connectivity index (χ0n) is 12.4. The quantitative estimate of drug-likeness (QED) is 0.814. The molecule has 1 N–H and O–H groups in total. The van der Waals surface area contributed by atoms with E-state index in [9.17, 15) is 9.59 Å². The maximum absolute atomic E-state index is 11.9. The lowest BCUT2D eigenvalue weighted by atomic mass is 10.0. The molecule has 0 radical (unpaired) electrons. The summed E-state index contributed by atoms with van der Waals surface area (Å²) in [5.41, 5.74) is 1.10. The number of thiazole rings is 1. The molecule has 21 heavy (non-hydrogen) atoms. The van der Waals surface area contributed by atoms with E-state index in [0.29, 0.717) is 12.8 Å². The Hall–Kier alpha value is -1.47. The van der Waals surface area contributed by atoms with Gasteiger partial charge in [0, 0.05) is 37.5 Å². The SMILES string of the molecule is Cc1nc(N2CCN(C3CCC(=O)NC3=O)CC2)sc1C. The summed E-state index contributed by atoms with van der Waals surface area (Å²) >= 11 is 1.73. The molecule has 2 fully saturated rings. The van der Waals surface area contributed by atoms with Gasteiger partial charge >= 0.3 is 0 Å². The van der Waals surface area contributed by atoms with Crippen LogP contribution < -0.4 is 10.2 Å². The normalized spacial score (nSPS) is 24.3. The largest absolute Gasteiger partial charge is 0.346 e. The zero-order valence-corrected chi connectivity index (χ0v) is 13.2. The first-order valence-electron chi connectivity index (χ1n) is 7.31. The van der Waals surface area contributed by atoms with Gasteiger partial charge in [0.1, 0.15) is 0 Å². The lowest BCUT2D eigenvalue weighted by molar-refractivity contribution is -0.137. The molecule has 2 aliphatic rings. The van der Waals surface area contributed by atoms with Gasteiger partial charge in [-0.25, -0.2) is 4.98 Å². The number of carbonyl (C=O) groups excluding carboxylic acids is 2. The molecule has 2 amide bonds. The number of rotatable bonds is 2. The molecule has 1 aromatic heterocycles. The first-order chi connectivity index (χ1) is 10.0. The molecule has 1 unspecified atom stereocenters. The molecule has 3 rings (SSSR count). The summed E-state index contributed by atoms with van der Waals surface area (Å²) in [5, 5.41) is 3.51. The Morgan fingerprint density at radius 2 is 1.90 bits per heavy atom. The Labute approximate surface area is 128 Å². The minimum atomic E-state index is -0.149. The smallest absolute Gasteiger partial charge is 0.243 e. The number of carbonyl (C=O) groups is 2. The number of piperazine rings is 1. The molecule has 0 aromatic carbocycles. The molecule has 0 spiro atoms. The number of nitrogens with one attached hydrogen (secondary N) is 1. The predicted octanol–water partition coefficient (Wildman–Crippen LogP) is 0.687. The van der Waals surface area contributed by atoms with Gasteiger partial charge in [-0.15, -0.1) is 11.3 Å². The van der Waals surface area contributed by atoms with Crippen LogP contribution in [0.25, 0.3) is 0 Å². The molecule has 114 valence electrons. The highest BCUT2D eigenvalue weighted by molar-refractivity contribution is 7.15. The number of piperidine rings is 1. The Bertz CT molecular complexity index is 544. The van der Waals surface area contributed by atoms with Crippen molar-refractivity contribution in [3.8, 4) is 0 Å². The van der Waals surface area contributed by atoms with Crippen LogP contribution in [0.15, 0.2) is 0 Å². The Kier molecular flexibility index (Phi) is 3.95. The number of hydrogen-bond donors (Lipinski definition) is 1. The Morgan fingerprint density at radius 3 is 2.48 bits per heavy atom. The summed E-state index contributed by atoms with van der Waals surface area (Å²) in [6, 6.07) is -0.149. The van der Waals surface area contributed by atoms with Gasteiger partial charge in [0.15, 0.2) is 5.13 Å². The lowest BCUT2D eigenvalue weighted by Gasteiger charge is -2.39. The lowest BCUT2D eigenvalue weighted by Crippen LogP contribution is -2.57. The number of hydrogen-bond acceptors (Lipinski definition) is 6. The van der Waals surface area contributed by atoms with E-state index in [1.807, 2.05) is 6.92 Å². The molecule has 0 aliphatic carbocycles. The molecule has 2 aliphatic heterocycles. The van der Waals surface area contributed by atoms with Gasteiger partial charge in [-0.05, 0) is 20.3 Å². The third-order valence-electron chi connectivity index (χ3n) is 4.25. The van der Waals surface area contributed by atoms with Gasteiger partial charge in [-0.1, -0.05) is 0 Å². The third-order valence-corrected chi connectivity index (χ3v) is 5.39. The number of imide groups is 1. The fourth-order valence-corrected chi connectivity index (χ4v) is 3.81. The monoisotopic (exact) mass is 308 g/mol. The van der Waals surface area contributed by atoms with Crippen molar-refractivity contribution in [2.24, 2.45) is 0 Å². The van der Waals surface area contributed by atoms with Crippen LogP contribution in [0.3, 0.4) is 0 Å². The number of anilines is 1. The van der Waals surface area contributed by atoms with Gasteiger partial charge in [0.05, 0.1) is 11.7 Å². The summed E-state index contributed by atoms with van der Waals surface area (Å²) in [4.78, 5) is 33.4. The van der Waals surface area contributed by atoms with E-state index >= 15 is 0 Å². The molecule has 7 heteroatoms. The van der Waals surface area contributed by atoms with Gasteiger partial charge in [-0.2, -0.15) is 0 Å². The number of nitrogens with zero attached hydrogens (tertiary/aromatic N) is 3. The topological polar surface area (TPSA) is 65.5 Å². The summed E-state index contributed by atoms with van der Waals surface area (Å²) < 4.78 is 0. The van der Waals surface area contributed by atoms with Gasteiger partial charge in [0.2, 0.25) is 11.8 Å². The number of amides is 2. The Morgan fingerprint density at radius 1 is 1.19 bits per heavy atom. The Balaban J connectivity index is 1.60. The van der Waals surface area contributed by atoms with Crippen LogP contribution in [-0.4, -0.2) is 53.9 Å². The van der Waals surface area contributed by atoms with E-state index in [1.165, 1.54) is 4.88 Å². The van der Waals surface area contributed by atoms with Crippen LogP contribution in [0.5, 0.6) is 0 Å². The highest BCUT2D eigenvalue weighted by Crippen LogP contribution is 2.26. The summed E-state index contributed by atoms with van der Waals surface area (Å²) in [5.74, 6) is -0.288. The molecule has 0 saturated carbocycles. The van der Waals surface area contributed by atoms with Crippen molar-refractivity contribution in [2.75, 3.05) is 31.1 Å². The van der Waals surface area contributed by atoms with Crippen LogP contribution in [0, 0.1) is 13.8 Å². The van der Waals surface area contributed by atoms with Crippen molar-refractivity contribution in [2.45, 2.75) is 32.7 Å². The average Bonchev–Trinajstić information content (AvgIpc) is 2.79. The molecular weight excluding hydrogens is 288 g/mol. The molecule has 3 heterocycles. The average molecular weight is 308 g/mol. The fourth-order valence-electron chi connectivity index (χ4n) is 2.85. The maximum Gasteiger partial charge on any atom is 0.243 e. The van der Waals surface area contributed by atoms with Gasteiger partial charge in [-0.3, -0.25) is 19.8 Å². The van der Waals surface area contributed by atoms with Gasteiger partial charge in [0.25, 0.3) is 0 Å². The van der Waals surface area contributed by atoms with Crippen molar-refractivity contribution >= 4 is 28.3 Å². The summed E-state index contributed by atoms with van der Waals surface area (Å²) in [6.45, 7) is 7.56. The van der Waals surface area contributed by atoms with E-state index in [0.717, 1.165) is 37.0 Å². The highest BCUT2D eigenvalue weighted by Gasteiger charge is 2.33. The molecule has 2 saturated heterocycles. The molecule has 1 atom stereocenters. The van der Waals surface area contributed by atoms with Crippen LogP contribution in [-0.2, 0) is 9.59 Å². The van der Waals surface area contributed by atoms with Crippen molar-refractivity contribution in [1.29, 1.82) is 0 Å². The summed E-state index contributed by atoms with van der Waals surface area (Å²) in [7, 11) is 0. The number of aromatic nitrogens is 1. The summed E-state index contributed by atoms with van der Waals surface area (Å²) in [6.07, 6.45) is 1.08. The molecule has 6 nitrogen and oxygen atoms in total. The van der Waals surface area contributed by atoms with Crippen molar-refractivity contribution in [3.05, 3.63) is 10.6 Å². The van der Waals surface area contributed by atoms with E-state index in [2.05, 4.69) is 27.0 Å². The van der Waals surface area contributed by atoms with Crippen molar-refractivity contribution < 1.29 is 9.59 Å². The first-order valence-corrected chi connectivity index (χ1v) is 8.13. The highest BCUT2D eigenvalue weighted by atomic mass is 32.1. The van der Waals surface area contributed by atoms with Crippen LogP contribution >= 0.6 is 11.3 Å². The second-order valence-corrected chi connectivity index (χ2v) is 6.81. The van der Waals surface area contributed by atoms with Crippen molar-refractivity contribution in [1.82, 2.24) is 15.2 Å². The minimum absolute atomic E-state index is 0.138. The van der Waals surface area contributed by atoms with E-state index in [1.54, 1.807) is 11.3 Å². The fraction of sp³-hybridized carbons (Fsp3) is 0.643. The molecule has 0 bridgehead atoms. The van der Waals surface area contributed by atoms with Gasteiger partial charge < -0.3 is 4.90 Å². The van der Waals surface area contributed by atoms with Crippen LogP contribution in [0.4, 0.5) is 5.13 Å². The second-order valence-electron chi connectivity index (χ2n) is 5.63. The van der Waals surface area contributed by atoms with Crippen LogP contribution in [0.1, 0.15) is 23.4 Å². The van der Waals surface area contributed by atoms with E-state index in [-0.39, 0.29) is 17.9 Å². The number of aryl methyl sites for hydroxylation is 2. The molecule has 1 aromatic rings. The maximum atomic E-state index is 11.9. The minimum Gasteiger partial charge on any atom is -0.346 e.